The maximum atomic E-state index is 12.3. The van der Waals surface area contributed by atoms with E-state index in [-0.39, 0.29) is 11.4 Å². The molecule has 1 aliphatic heterocycles. The van der Waals surface area contributed by atoms with Crippen LogP contribution in [0.4, 0.5) is 0 Å². The van der Waals surface area contributed by atoms with Gasteiger partial charge in [-0.3, -0.25) is 10.1 Å². The molecular weight excluding hydrogens is 202 g/mol. The third-order valence-electron chi connectivity index (χ3n) is 2.63. The minimum absolute atomic E-state index is 0.0484. The Hall–Kier alpha value is -0.610. The standard InChI is InChI=1S/C12H25N3O/c1-11(2,3)14-12(4,5)10(16)15-8-6-13-7-9-15/h13-14H,6-9H2,1-5H3. The van der Waals surface area contributed by atoms with E-state index in [9.17, 15) is 4.79 Å². The Labute approximate surface area is 98.8 Å². The molecule has 1 fully saturated rings. The number of carbonyl (C=O) groups excluding carboxylic acids is 1. The summed E-state index contributed by atoms with van der Waals surface area (Å²) in [5.41, 5.74) is -0.539. The number of nitrogens with zero attached hydrogens (tertiary/aromatic N) is 1. The highest BCUT2D eigenvalue weighted by atomic mass is 16.2. The lowest BCUT2D eigenvalue weighted by Gasteiger charge is -2.39. The first-order valence-electron chi connectivity index (χ1n) is 6.02. The van der Waals surface area contributed by atoms with Gasteiger partial charge < -0.3 is 10.2 Å². The van der Waals surface area contributed by atoms with Crippen molar-refractivity contribution in [2.24, 2.45) is 0 Å². The Morgan fingerprint density at radius 2 is 1.62 bits per heavy atom. The van der Waals surface area contributed by atoms with Gasteiger partial charge in [0.15, 0.2) is 0 Å². The molecule has 0 aromatic heterocycles. The smallest absolute Gasteiger partial charge is 0.242 e. The third-order valence-corrected chi connectivity index (χ3v) is 2.63. The van der Waals surface area contributed by atoms with E-state index in [1.165, 1.54) is 0 Å². The summed E-state index contributed by atoms with van der Waals surface area (Å²) in [4.78, 5) is 14.3. The van der Waals surface area contributed by atoms with Crippen molar-refractivity contribution in [3.63, 3.8) is 0 Å². The van der Waals surface area contributed by atoms with Gasteiger partial charge in [-0.25, -0.2) is 0 Å². The zero-order valence-corrected chi connectivity index (χ0v) is 11.2. The molecule has 0 aromatic rings. The van der Waals surface area contributed by atoms with E-state index in [4.69, 9.17) is 0 Å². The van der Waals surface area contributed by atoms with E-state index in [0.717, 1.165) is 26.2 Å². The predicted molar refractivity (Wildman–Crippen MR) is 66.4 cm³/mol. The summed E-state index contributed by atoms with van der Waals surface area (Å²) >= 11 is 0. The van der Waals surface area contributed by atoms with E-state index in [0.29, 0.717) is 0 Å². The molecule has 4 nitrogen and oxygen atoms in total. The number of piperazine rings is 1. The van der Waals surface area contributed by atoms with Crippen molar-refractivity contribution >= 4 is 5.91 Å². The summed E-state index contributed by atoms with van der Waals surface area (Å²) in [5, 5.41) is 6.64. The van der Waals surface area contributed by atoms with Gasteiger partial charge in [0.25, 0.3) is 0 Å². The van der Waals surface area contributed by atoms with Gasteiger partial charge in [-0.1, -0.05) is 0 Å². The lowest BCUT2D eigenvalue weighted by atomic mass is 9.97. The fourth-order valence-electron chi connectivity index (χ4n) is 2.25. The minimum atomic E-state index is -0.490. The van der Waals surface area contributed by atoms with Crippen LogP contribution in [0, 0.1) is 0 Å². The van der Waals surface area contributed by atoms with Crippen molar-refractivity contribution in [1.29, 1.82) is 0 Å². The van der Waals surface area contributed by atoms with Gasteiger partial charge in [-0.15, -0.1) is 0 Å². The van der Waals surface area contributed by atoms with Gasteiger partial charge in [0.1, 0.15) is 0 Å². The SMILES string of the molecule is CC(C)(C)NC(C)(C)C(=O)N1CCNCC1. The predicted octanol–water partition coefficient (Wildman–Crippen LogP) is 0.585. The lowest BCUT2D eigenvalue weighted by Crippen LogP contribution is -2.61. The second-order valence-electron chi connectivity index (χ2n) is 6.04. The molecule has 0 spiro atoms. The summed E-state index contributed by atoms with van der Waals surface area (Å²) < 4.78 is 0. The molecule has 1 saturated heterocycles. The topological polar surface area (TPSA) is 44.4 Å². The van der Waals surface area contributed by atoms with Gasteiger partial charge >= 0.3 is 0 Å². The van der Waals surface area contributed by atoms with Crippen molar-refractivity contribution in [2.75, 3.05) is 26.2 Å². The zero-order chi connectivity index (χ0) is 12.4. The van der Waals surface area contributed by atoms with Crippen LogP contribution in [0.25, 0.3) is 0 Å². The van der Waals surface area contributed by atoms with Crippen LogP contribution in [0.2, 0.25) is 0 Å². The largest absolute Gasteiger partial charge is 0.339 e. The van der Waals surface area contributed by atoms with E-state index in [1.807, 2.05) is 18.7 Å². The highest BCUT2D eigenvalue weighted by Gasteiger charge is 2.35. The molecule has 0 atom stereocenters. The maximum absolute atomic E-state index is 12.3. The molecule has 0 aromatic carbocycles. The van der Waals surface area contributed by atoms with Crippen LogP contribution in [0.1, 0.15) is 34.6 Å². The highest BCUT2D eigenvalue weighted by Crippen LogP contribution is 2.14. The molecule has 4 heteroatoms. The average Bonchev–Trinajstić information content (AvgIpc) is 2.14. The lowest BCUT2D eigenvalue weighted by molar-refractivity contribution is -0.138. The Bertz CT molecular complexity index is 249. The normalized spacial score (nSPS) is 18.7. The van der Waals surface area contributed by atoms with Crippen molar-refractivity contribution in [3.8, 4) is 0 Å². The average molecular weight is 227 g/mol. The van der Waals surface area contributed by atoms with Crippen LogP contribution in [0.5, 0.6) is 0 Å². The van der Waals surface area contributed by atoms with Gasteiger partial charge in [-0.05, 0) is 34.6 Å². The van der Waals surface area contributed by atoms with E-state index < -0.39 is 5.54 Å². The van der Waals surface area contributed by atoms with E-state index >= 15 is 0 Å². The van der Waals surface area contributed by atoms with E-state index in [2.05, 4.69) is 31.4 Å². The Balaban J connectivity index is 2.63. The molecule has 1 amide bonds. The van der Waals surface area contributed by atoms with Gasteiger partial charge in [-0.2, -0.15) is 0 Å². The molecule has 2 N–H and O–H groups in total. The van der Waals surface area contributed by atoms with Crippen molar-refractivity contribution in [2.45, 2.75) is 45.7 Å². The third kappa shape index (κ3) is 3.76. The van der Waals surface area contributed by atoms with E-state index in [1.54, 1.807) is 0 Å². The summed E-state index contributed by atoms with van der Waals surface area (Å²) in [6, 6.07) is 0. The molecule has 0 aliphatic carbocycles. The Kier molecular flexibility index (Phi) is 3.97. The number of nitrogens with one attached hydrogen (secondary N) is 2. The van der Waals surface area contributed by atoms with Crippen molar-refractivity contribution < 1.29 is 4.79 Å². The number of hydrogen-bond acceptors (Lipinski definition) is 3. The molecule has 0 unspecified atom stereocenters. The van der Waals surface area contributed by atoms with Crippen LogP contribution in [-0.2, 0) is 4.79 Å². The molecular formula is C12H25N3O. The number of amides is 1. The highest BCUT2D eigenvalue weighted by molar-refractivity contribution is 5.85. The second-order valence-corrected chi connectivity index (χ2v) is 6.04. The first-order chi connectivity index (χ1) is 7.22. The van der Waals surface area contributed by atoms with Gasteiger partial charge in [0, 0.05) is 31.7 Å². The summed E-state index contributed by atoms with van der Waals surface area (Å²) in [6.45, 7) is 13.6. The fourth-order valence-corrected chi connectivity index (χ4v) is 2.25. The minimum Gasteiger partial charge on any atom is -0.339 e. The second kappa shape index (κ2) is 4.72. The van der Waals surface area contributed by atoms with Crippen LogP contribution < -0.4 is 10.6 Å². The molecule has 16 heavy (non-hydrogen) atoms. The molecule has 1 aliphatic rings. The van der Waals surface area contributed by atoms with Crippen LogP contribution in [0.15, 0.2) is 0 Å². The summed E-state index contributed by atoms with van der Waals surface area (Å²) in [7, 11) is 0. The first-order valence-corrected chi connectivity index (χ1v) is 6.02. The number of hydrogen-bond donors (Lipinski definition) is 2. The maximum Gasteiger partial charge on any atom is 0.242 e. The summed E-state index contributed by atoms with van der Waals surface area (Å²) in [6.07, 6.45) is 0. The molecule has 0 bridgehead atoms. The number of carbonyl (C=O) groups is 1. The van der Waals surface area contributed by atoms with Crippen molar-refractivity contribution in [1.82, 2.24) is 15.5 Å². The van der Waals surface area contributed by atoms with Crippen LogP contribution in [-0.4, -0.2) is 48.1 Å². The Morgan fingerprint density at radius 1 is 1.12 bits per heavy atom. The molecule has 0 radical (unpaired) electrons. The quantitative estimate of drug-likeness (QED) is 0.725. The molecule has 1 heterocycles. The number of rotatable bonds is 2. The monoisotopic (exact) mass is 227 g/mol. The fraction of sp³-hybridized carbons (Fsp3) is 0.917. The first kappa shape index (κ1) is 13.5. The van der Waals surface area contributed by atoms with Crippen molar-refractivity contribution in [3.05, 3.63) is 0 Å². The molecule has 0 saturated carbocycles. The van der Waals surface area contributed by atoms with Crippen LogP contribution in [0.3, 0.4) is 0 Å². The van der Waals surface area contributed by atoms with Crippen LogP contribution >= 0.6 is 0 Å². The molecule has 94 valence electrons. The summed E-state index contributed by atoms with van der Waals surface area (Å²) in [5.74, 6) is 0.198. The Morgan fingerprint density at radius 3 is 2.06 bits per heavy atom. The van der Waals surface area contributed by atoms with Gasteiger partial charge in [0.05, 0.1) is 5.54 Å². The van der Waals surface area contributed by atoms with Gasteiger partial charge in [0.2, 0.25) is 5.91 Å². The molecule has 1 rings (SSSR count). The zero-order valence-electron chi connectivity index (χ0n) is 11.2.